The molecule has 1 aliphatic heterocycles. The summed E-state index contributed by atoms with van der Waals surface area (Å²) < 4.78 is 2.29. The molecule has 1 aromatic carbocycles. The summed E-state index contributed by atoms with van der Waals surface area (Å²) in [7, 11) is 0. The Labute approximate surface area is 195 Å². The van der Waals surface area contributed by atoms with Gasteiger partial charge >= 0.3 is 0 Å². The lowest BCUT2D eigenvalue weighted by atomic mass is 9.89. The van der Waals surface area contributed by atoms with Crippen LogP contribution in [-0.2, 0) is 17.6 Å². The zero-order valence-corrected chi connectivity index (χ0v) is 20.2. The number of nitrogens with one attached hydrogen (secondary N) is 1. The van der Waals surface area contributed by atoms with Crippen LogP contribution >= 0.6 is 11.8 Å². The van der Waals surface area contributed by atoms with Crippen molar-refractivity contribution in [2.45, 2.75) is 82.5 Å². The van der Waals surface area contributed by atoms with Crippen LogP contribution in [0.2, 0.25) is 0 Å². The highest BCUT2D eigenvalue weighted by molar-refractivity contribution is 7.99. The molecule has 1 saturated carbocycles. The first-order valence-electron chi connectivity index (χ1n) is 12.3. The monoisotopic (exact) mass is 453 g/mol. The van der Waals surface area contributed by atoms with Crippen molar-refractivity contribution < 1.29 is 4.79 Å². The average Bonchev–Trinajstić information content (AvgIpc) is 3.56. The van der Waals surface area contributed by atoms with Crippen LogP contribution in [0, 0.1) is 5.92 Å². The molecule has 1 amide bonds. The Morgan fingerprint density at radius 1 is 1.12 bits per heavy atom. The Bertz CT molecular complexity index is 961. The molecule has 172 valence electrons. The standard InChI is InChI=1S/C25H35N5OS/c1-17-11-13-29(14-12-17)24-27-28-25(30(24)22-9-10-22)32-16-23(31)26-18(2)20-8-7-19-5-3-4-6-21(19)15-20/h7-8,15,17-18,22H,3-6,9-14,16H2,1-2H3,(H,26,31). The minimum absolute atomic E-state index is 0.0162. The molecule has 6 nitrogen and oxygen atoms in total. The Balaban J connectivity index is 1.20. The van der Waals surface area contributed by atoms with Crippen LogP contribution in [0.4, 0.5) is 5.95 Å². The minimum atomic E-state index is 0.0162. The molecule has 2 fully saturated rings. The molecule has 2 heterocycles. The number of piperidine rings is 1. The molecule has 0 bridgehead atoms. The third-order valence-electron chi connectivity index (χ3n) is 7.21. The normalized spacial score (nSPS) is 20.1. The Morgan fingerprint density at radius 3 is 2.62 bits per heavy atom. The molecule has 1 aromatic heterocycles. The van der Waals surface area contributed by atoms with E-state index in [0.717, 1.165) is 36.5 Å². The van der Waals surface area contributed by atoms with Crippen LogP contribution in [0.25, 0.3) is 0 Å². The van der Waals surface area contributed by atoms with Gasteiger partial charge in [-0.15, -0.1) is 10.2 Å². The third kappa shape index (κ3) is 4.82. The van der Waals surface area contributed by atoms with Crippen molar-refractivity contribution in [1.82, 2.24) is 20.1 Å². The van der Waals surface area contributed by atoms with Crippen LogP contribution in [0.1, 0.15) is 81.1 Å². The smallest absolute Gasteiger partial charge is 0.230 e. The number of nitrogens with zero attached hydrogens (tertiary/aromatic N) is 4. The van der Waals surface area contributed by atoms with Gasteiger partial charge in [-0.3, -0.25) is 9.36 Å². The molecule has 2 aromatic rings. The number of hydrogen-bond donors (Lipinski definition) is 1. The summed E-state index contributed by atoms with van der Waals surface area (Å²) in [4.78, 5) is 15.1. The van der Waals surface area contributed by atoms with Crippen molar-refractivity contribution in [3.8, 4) is 0 Å². The zero-order valence-electron chi connectivity index (χ0n) is 19.3. The van der Waals surface area contributed by atoms with Gasteiger partial charge in [-0.2, -0.15) is 0 Å². The summed E-state index contributed by atoms with van der Waals surface area (Å²) in [5.41, 5.74) is 4.14. The van der Waals surface area contributed by atoms with Gasteiger partial charge in [0, 0.05) is 19.1 Å². The molecular formula is C25H35N5OS. The summed E-state index contributed by atoms with van der Waals surface area (Å²) in [6.07, 6.45) is 9.70. The third-order valence-corrected chi connectivity index (χ3v) is 8.15. The fourth-order valence-corrected chi connectivity index (χ4v) is 5.78. The second kappa shape index (κ2) is 9.46. The highest BCUT2D eigenvalue weighted by Crippen LogP contribution is 2.41. The van der Waals surface area contributed by atoms with E-state index >= 15 is 0 Å². The van der Waals surface area contributed by atoms with Gasteiger partial charge in [0.05, 0.1) is 11.8 Å². The number of carbonyl (C=O) groups is 1. The quantitative estimate of drug-likeness (QED) is 0.616. The molecule has 1 atom stereocenters. The molecule has 0 spiro atoms. The number of thioether (sulfide) groups is 1. The van der Waals surface area contributed by atoms with Gasteiger partial charge in [0.1, 0.15) is 0 Å². The molecule has 1 N–H and O–H groups in total. The summed E-state index contributed by atoms with van der Waals surface area (Å²) in [5.74, 6) is 2.22. The summed E-state index contributed by atoms with van der Waals surface area (Å²) in [6, 6.07) is 7.24. The first-order valence-corrected chi connectivity index (χ1v) is 13.3. The highest BCUT2D eigenvalue weighted by Gasteiger charge is 2.32. The number of fused-ring (bicyclic) bond motifs is 1. The minimum Gasteiger partial charge on any atom is -0.349 e. The van der Waals surface area contributed by atoms with Crippen LogP contribution < -0.4 is 10.2 Å². The molecule has 1 unspecified atom stereocenters. The number of carbonyl (C=O) groups excluding carboxylic acids is 1. The number of amides is 1. The largest absolute Gasteiger partial charge is 0.349 e. The van der Waals surface area contributed by atoms with E-state index in [9.17, 15) is 4.79 Å². The van der Waals surface area contributed by atoms with Crippen molar-refractivity contribution in [2.24, 2.45) is 5.92 Å². The van der Waals surface area contributed by atoms with E-state index < -0.39 is 0 Å². The van der Waals surface area contributed by atoms with Gasteiger partial charge in [-0.05, 0) is 80.9 Å². The summed E-state index contributed by atoms with van der Waals surface area (Å²) in [6.45, 7) is 6.51. The molecule has 7 heteroatoms. The number of aromatic nitrogens is 3. The number of hydrogen-bond acceptors (Lipinski definition) is 5. The van der Waals surface area contributed by atoms with E-state index in [-0.39, 0.29) is 11.9 Å². The maximum Gasteiger partial charge on any atom is 0.230 e. The SMILES string of the molecule is CC1CCN(c2nnc(SCC(=O)NC(C)c3ccc4c(c3)CCCC4)n2C2CC2)CC1. The van der Waals surface area contributed by atoms with E-state index in [1.165, 1.54) is 73.4 Å². The number of benzene rings is 1. The Hall–Kier alpha value is -2.02. The van der Waals surface area contributed by atoms with Gasteiger partial charge < -0.3 is 10.2 Å². The van der Waals surface area contributed by atoms with Crippen LogP contribution in [0.15, 0.2) is 23.4 Å². The Kier molecular flexibility index (Phi) is 6.44. The van der Waals surface area contributed by atoms with E-state index in [2.05, 4.69) is 57.0 Å². The summed E-state index contributed by atoms with van der Waals surface area (Å²) in [5, 5.41) is 13.1. The summed E-state index contributed by atoms with van der Waals surface area (Å²) >= 11 is 1.52. The van der Waals surface area contributed by atoms with Crippen molar-refractivity contribution in [3.05, 3.63) is 34.9 Å². The van der Waals surface area contributed by atoms with E-state index in [0.29, 0.717) is 11.8 Å². The van der Waals surface area contributed by atoms with Crippen molar-refractivity contribution >= 4 is 23.6 Å². The number of anilines is 1. The molecule has 5 rings (SSSR count). The molecule has 1 saturated heterocycles. The predicted molar refractivity (Wildman–Crippen MR) is 129 cm³/mol. The van der Waals surface area contributed by atoms with E-state index in [4.69, 9.17) is 0 Å². The van der Waals surface area contributed by atoms with Crippen LogP contribution in [-0.4, -0.2) is 39.5 Å². The lowest BCUT2D eigenvalue weighted by molar-refractivity contribution is -0.119. The fourth-order valence-electron chi connectivity index (χ4n) is 4.96. The maximum absolute atomic E-state index is 12.7. The van der Waals surface area contributed by atoms with Crippen molar-refractivity contribution in [3.63, 3.8) is 0 Å². The van der Waals surface area contributed by atoms with Crippen LogP contribution in [0.5, 0.6) is 0 Å². The van der Waals surface area contributed by atoms with Gasteiger partial charge in [-0.1, -0.05) is 36.9 Å². The fraction of sp³-hybridized carbons (Fsp3) is 0.640. The lowest BCUT2D eigenvalue weighted by Crippen LogP contribution is -2.34. The van der Waals surface area contributed by atoms with Crippen molar-refractivity contribution in [1.29, 1.82) is 0 Å². The van der Waals surface area contributed by atoms with Crippen molar-refractivity contribution in [2.75, 3.05) is 23.7 Å². The number of rotatable bonds is 7. The molecular weight excluding hydrogens is 418 g/mol. The second-order valence-electron chi connectivity index (χ2n) is 9.87. The Morgan fingerprint density at radius 2 is 1.88 bits per heavy atom. The number of aryl methyl sites for hydroxylation is 2. The predicted octanol–water partition coefficient (Wildman–Crippen LogP) is 4.70. The van der Waals surface area contributed by atoms with E-state index in [1.807, 2.05) is 0 Å². The highest BCUT2D eigenvalue weighted by atomic mass is 32.2. The topological polar surface area (TPSA) is 63.1 Å². The second-order valence-corrected chi connectivity index (χ2v) is 10.8. The molecule has 3 aliphatic rings. The molecule has 2 aliphatic carbocycles. The first-order chi connectivity index (χ1) is 15.6. The van der Waals surface area contributed by atoms with Gasteiger partial charge in [0.2, 0.25) is 11.9 Å². The van der Waals surface area contributed by atoms with E-state index in [1.54, 1.807) is 0 Å². The van der Waals surface area contributed by atoms with Gasteiger partial charge in [0.15, 0.2) is 5.16 Å². The first kappa shape index (κ1) is 21.8. The molecule has 32 heavy (non-hydrogen) atoms. The maximum atomic E-state index is 12.7. The van der Waals surface area contributed by atoms with Gasteiger partial charge in [0.25, 0.3) is 0 Å². The van der Waals surface area contributed by atoms with Crippen LogP contribution in [0.3, 0.4) is 0 Å². The lowest BCUT2D eigenvalue weighted by Gasteiger charge is -2.31. The average molecular weight is 454 g/mol. The molecule has 0 radical (unpaired) electrons. The van der Waals surface area contributed by atoms with Gasteiger partial charge in [-0.25, -0.2) is 0 Å². The zero-order chi connectivity index (χ0) is 22.1.